The molecule has 0 radical (unpaired) electrons. The van der Waals surface area contributed by atoms with Crippen LogP contribution in [0, 0.1) is 0 Å². The first-order valence-electron chi connectivity index (χ1n) is 5.22. The summed E-state index contributed by atoms with van der Waals surface area (Å²) in [7, 11) is 0. The minimum atomic E-state index is 0. The van der Waals surface area contributed by atoms with Crippen LogP contribution in [-0.2, 0) is 11.3 Å². The number of hydrogen-bond donors (Lipinski definition) is 0. The number of morpholine rings is 1. The van der Waals surface area contributed by atoms with Gasteiger partial charge in [0.25, 0.3) is 0 Å². The van der Waals surface area contributed by atoms with Gasteiger partial charge >= 0.3 is 0 Å². The standard InChI is InChI=1S/C12H17NO.ClH/c1-11-9-13(7-8-14-11)10-12-5-3-2-4-6-12;/h2-6,11H,7-10H2,1H3;1H/t11-;/m1./s1. The Morgan fingerprint density at radius 2 is 2.07 bits per heavy atom. The normalized spacial score (nSPS) is 22.1. The van der Waals surface area contributed by atoms with Gasteiger partial charge in [0.15, 0.2) is 0 Å². The zero-order valence-corrected chi connectivity index (χ0v) is 9.87. The molecule has 0 bridgehead atoms. The molecule has 0 aromatic heterocycles. The number of nitrogens with zero attached hydrogens (tertiary/aromatic N) is 1. The van der Waals surface area contributed by atoms with Gasteiger partial charge in [-0.1, -0.05) is 30.3 Å². The van der Waals surface area contributed by atoms with E-state index in [1.165, 1.54) is 5.56 Å². The number of ether oxygens (including phenoxy) is 1. The van der Waals surface area contributed by atoms with E-state index in [4.69, 9.17) is 4.74 Å². The topological polar surface area (TPSA) is 12.5 Å². The molecule has 1 aliphatic heterocycles. The molecule has 1 fully saturated rings. The summed E-state index contributed by atoms with van der Waals surface area (Å²) >= 11 is 0. The van der Waals surface area contributed by atoms with E-state index in [2.05, 4.69) is 42.2 Å². The minimum Gasteiger partial charge on any atom is -0.376 e. The molecule has 1 aliphatic rings. The second-order valence-electron chi connectivity index (χ2n) is 3.90. The van der Waals surface area contributed by atoms with Crippen molar-refractivity contribution < 1.29 is 4.74 Å². The molecular formula is C12H18ClNO. The molecule has 0 saturated carbocycles. The van der Waals surface area contributed by atoms with Crippen LogP contribution in [0.25, 0.3) is 0 Å². The Hall–Kier alpha value is -0.570. The molecule has 3 heteroatoms. The number of rotatable bonds is 2. The first-order valence-corrected chi connectivity index (χ1v) is 5.22. The van der Waals surface area contributed by atoms with Crippen LogP contribution in [0.4, 0.5) is 0 Å². The van der Waals surface area contributed by atoms with E-state index >= 15 is 0 Å². The summed E-state index contributed by atoms with van der Waals surface area (Å²) in [6.45, 7) is 6.16. The monoisotopic (exact) mass is 227 g/mol. The van der Waals surface area contributed by atoms with Gasteiger partial charge < -0.3 is 4.74 Å². The maximum absolute atomic E-state index is 5.50. The first-order chi connectivity index (χ1) is 6.84. The molecule has 1 aromatic carbocycles. The molecule has 0 amide bonds. The Balaban J connectivity index is 0.00000112. The smallest absolute Gasteiger partial charge is 0.0674 e. The van der Waals surface area contributed by atoms with Crippen LogP contribution in [0.3, 0.4) is 0 Å². The van der Waals surface area contributed by atoms with E-state index < -0.39 is 0 Å². The fraction of sp³-hybridized carbons (Fsp3) is 0.500. The molecule has 1 heterocycles. The lowest BCUT2D eigenvalue weighted by molar-refractivity contribution is -0.0212. The average Bonchev–Trinajstić information content (AvgIpc) is 2.19. The maximum atomic E-state index is 5.50. The highest BCUT2D eigenvalue weighted by Crippen LogP contribution is 2.09. The molecule has 0 aliphatic carbocycles. The largest absolute Gasteiger partial charge is 0.376 e. The molecule has 1 saturated heterocycles. The van der Waals surface area contributed by atoms with Crippen LogP contribution < -0.4 is 0 Å². The maximum Gasteiger partial charge on any atom is 0.0674 e. The van der Waals surface area contributed by atoms with Crippen molar-refractivity contribution in [2.75, 3.05) is 19.7 Å². The fourth-order valence-electron chi connectivity index (χ4n) is 1.88. The van der Waals surface area contributed by atoms with E-state index in [1.807, 2.05) is 0 Å². The summed E-state index contributed by atoms with van der Waals surface area (Å²) in [6.07, 6.45) is 0.382. The van der Waals surface area contributed by atoms with E-state index in [1.54, 1.807) is 0 Å². The molecule has 1 atom stereocenters. The summed E-state index contributed by atoms with van der Waals surface area (Å²) in [4.78, 5) is 2.45. The van der Waals surface area contributed by atoms with Gasteiger partial charge in [-0.15, -0.1) is 12.4 Å². The zero-order valence-electron chi connectivity index (χ0n) is 9.06. The second kappa shape index (κ2) is 6.11. The zero-order chi connectivity index (χ0) is 9.80. The first kappa shape index (κ1) is 12.5. The third-order valence-electron chi connectivity index (χ3n) is 2.57. The highest BCUT2D eigenvalue weighted by Gasteiger charge is 2.16. The van der Waals surface area contributed by atoms with Crippen molar-refractivity contribution >= 4 is 12.4 Å². The molecule has 2 rings (SSSR count). The third kappa shape index (κ3) is 3.82. The average molecular weight is 228 g/mol. The lowest BCUT2D eigenvalue weighted by Gasteiger charge is -2.31. The number of hydrogen-bond acceptors (Lipinski definition) is 2. The van der Waals surface area contributed by atoms with Gasteiger partial charge in [-0.3, -0.25) is 4.90 Å². The molecule has 0 unspecified atom stereocenters. The van der Waals surface area contributed by atoms with Crippen molar-refractivity contribution in [1.29, 1.82) is 0 Å². The van der Waals surface area contributed by atoms with Crippen molar-refractivity contribution in [3.8, 4) is 0 Å². The van der Waals surface area contributed by atoms with Gasteiger partial charge in [0.2, 0.25) is 0 Å². The second-order valence-corrected chi connectivity index (χ2v) is 3.90. The Morgan fingerprint density at radius 3 is 2.73 bits per heavy atom. The van der Waals surface area contributed by atoms with Crippen molar-refractivity contribution in [2.45, 2.75) is 19.6 Å². The summed E-state index contributed by atoms with van der Waals surface area (Å²) in [5.41, 5.74) is 1.39. The van der Waals surface area contributed by atoms with Gasteiger partial charge in [0, 0.05) is 19.6 Å². The van der Waals surface area contributed by atoms with Crippen molar-refractivity contribution in [3.05, 3.63) is 35.9 Å². The molecule has 15 heavy (non-hydrogen) atoms. The molecular weight excluding hydrogens is 210 g/mol. The summed E-state index contributed by atoms with van der Waals surface area (Å²) in [5, 5.41) is 0. The summed E-state index contributed by atoms with van der Waals surface area (Å²) in [6, 6.07) is 10.6. The van der Waals surface area contributed by atoms with E-state index in [9.17, 15) is 0 Å². The Kier molecular flexibility index (Phi) is 5.09. The van der Waals surface area contributed by atoms with Crippen LogP contribution >= 0.6 is 12.4 Å². The van der Waals surface area contributed by atoms with Crippen LogP contribution in [0.2, 0.25) is 0 Å². The Bertz CT molecular complexity index is 278. The lowest BCUT2D eigenvalue weighted by Crippen LogP contribution is -2.40. The van der Waals surface area contributed by atoms with Crippen LogP contribution in [0.1, 0.15) is 12.5 Å². The number of halogens is 1. The van der Waals surface area contributed by atoms with Crippen LogP contribution in [0.15, 0.2) is 30.3 Å². The Labute approximate surface area is 97.6 Å². The van der Waals surface area contributed by atoms with E-state index in [0.717, 1.165) is 26.2 Å². The number of benzene rings is 1. The van der Waals surface area contributed by atoms with Gasteiger partial charge in [-0.25, -0.2) is 0 Å². The van der Waals surface area contributed by atoms with Crippen molar-refractivity contribution in [2.24, 2.45) is 0 Å². The van der Waals surface area contributed by atoms with Gasteiger partial charge in [0.05, 0.1) is 12.7 Å². The highest BCUT2D eigenvalue weighted by atomic mass is 35.5. The van der Waals surface area contributed by atoms with Crippen LogP contribution in [0.5, 0.6) is 0 Å². The highest BCUT2D eigenvalue weighted by molar-refractivity contribution is 5.85. The fourth-order valence-corrected chi connectivity index (χ4v) is 1.88. The SMILES string of the molecule is C[C@@H]1CN(Cc2ccccc2)CCO1.Cl. The predicted molar refractivity (Wildman–Crippen MR) is 64.4 cm³/mol. The lowest BCUT2D eigenvalue weighted by atomic mass is 10.2. The quantitative estimate of drug-likeness (QED) is 0.769. The molecule has 1 aromatic rings. The minimum absolute atomic E-state index is 0. The van der Waals surface area contributed by atoms with Crippen molar-refractivity contribution in [1.82, 2.24) is 4.90 Å². The summed E-state index contributed by atoms with van der Waals surface area (Å²) in [5.74, 6) is 0. The van der Waals surface area contributed by atoms with Gasteiger partial charge in [-0.2, -0.15) is 0 Å². The Morgan fingerprint density at radius 1 is 1.33 bits per heavy atom. The molecule has 0 spiro atoms. The summed E-state index contributed by atoms with van der Waals surface area (Å²) < 4.78 is 5.50. The van der Waals surface area contributed by atoms with Crippen molar-refractivity contribution in [3.63, 3.8) is 0 Å². The third-order valence-corrected chi connectivity index (χ3v) is 2.57. The van der Waals surface area contributed by atoms with E-state index in [0.29, 0.717) is 6.10 Å². The molecule has 2 nitrogen and oxygen atoms in total. The molecule has 0 N–H and O–H groups in total. The van der Waals surface area contributed by atoms with Crippen LogP contribution in [-0.4, -0.2) is 30.7 Å². The van der Waals surface area contributed by atoms with Gasteiger partial charge in [0.1, 0.15) is 0 Å². The molecule has 84 valence electrons. The van der Waals surface area contributed by atoms with Gasteiger partial charge in [-0.05, 0) is 12.5 Å². The van der Waals surface area contributed by atoms with E-state index in [-0.39, 0.29) is 12.4 Å². The predicted octanol–water partition coefficient (Wildman–Crippen LogP) is 2.33.